The van der Waals surface area contributed by atoms with Crippen LogP contribution >= 0.6 is 0 Å². The normalized spacial score (nSPS) is 14.6. The summed E-state index contributed by atoms with van der Waals surface area (Å²) in [4.78, 5) is 18.1. The molecular weight excluding hydrogens is 326 g/mol. The van der Waals surface area contributed by atoms with Crippen molar-refractivity contribution in [3.8, 4) is 0 Å². The molecular formula is C21H23N3O2. The lowest BCUT2D eigenvalue weighted by molar-refractivity contribution is 0.102. The molecule has 2 aromatic carbocycles. The summed E-state index contributed by atoms with van der Waals surface area (Å²) in [5.74, 6) is -0.127. The van der Waals surface area contributed by atoms with E-state index < -0.39 is 0 Å². The minimum absolute atomic E-state index is 0.127. The van der Waals surface area contributed by atoms with Gasteiger partial charge in [0.15, 0.2) is 0 Å². The Hall–Kier alpha value is -2.79. The number of benzene rings is 2. The second kappa shape index (κ2) is 6.84. The molecule has 1 aliphatic heterocycles. The zero-order valence-electron chi connectivity index (χ0n) is 15.1. The summed E-state index contributed by atoms with van der Waals surface area (Å²) in [7, 11) is 0. The highest BCUT2D eigenvalue weighted by Crippen LogP contribution is 2.23. The van der Waals surface area contributed by atoms with Crippen molar-refractivity contribution in [2.45, 2.75) is 13.8 Å². The van der Waals surface area contributed by atoms with E-state index in [4.69, 9.17) is 4.74 Å². The van der Waals surface area contributed by atoms with E-state index in [1.165, 1.54) is 11.1 Å². The predicted molar refractivity (Wildman–Crippen MR) is 105 cm³/mol. The van der Waals surface area contributed by atoms with E-state index >= 15 is 0 Å². The van der Waals surface area contributed by atoms with Crippen LogP contribution in [-0.2, 0) is 4.74 Å². The number of carbonyl (C=O) groups is 1. The number of carbonyl (C=O) groups excluding carboxylic acids is 1. The molecule has 1 saturated heterocycles. The summed E-state index contributed by atoms with van der Waals surface area (Å²) in [6, 6.07) is 14.1. The Kier molecular flexibility index (Phi) is 4.39. The third-order valence-electron chi connectivity index (χ3n) is 4.84. The molecule has 0 spiro atoms. The molecule has 0 atom stereocenters. The van der Waals surface area contributed by atoms with Crippen molar-refractivity contribution in [1.29, 1.82) is 0 Å². The molecule has 3 aromatic rings. The van der Waals surface area contributed by atoms with Crippen molar-refractivity contribution in [1.82, 2.24) is 4.98 Å². The lowest BCUT2D eigenvalue weighted by Crippen LogP contribution is -2.36. The third-order valence-corrected chi connectivity index (χ3v) is 4.84. The van der Waals surface area contributed by atoms with Crippen molar-refractivity contribution < 1.29 is 9.53 Å². The number of fused-ring (bicyclic) bond motifs is 1. The smallest absolute Gasteiger partial charge is 0.272 e. The van der Waals surface area contributed by atoms with Gasteiger partial charge in [-0.1, -0.05) is 6.07 Å². The summed E-state index contributed by atoms with van der Waals surface area (Å²) in [6.45, 7) is 7.45. The van der Waals surface area contributed by atoms with Crippen molar-refractivity contribution in [2.24, 2.45) is 0 Å². The van der Waals surface area contributed by atoms with Crippen molar-refractivity contribution >= 4 is 28.2 Å². The molecule has 26 heavy (non-hydrogen) atoms. The Morgan fingerprint density at radius 3 is 2.54 bits per heavy atom. The minimum atomic E-state index is -0.127. The van der Waals surface area contributed by atoms with E-state index in [1.54, 1.807) is 0 Å². The first-order valence-electron chi connectivity index (χ1n) is 8.94. The van der Waals surface area contributed by atoms with Crippen LogP contribution in [0.25, 0.3) is 10.9 Å². The SMILES string of the molecule is Cc1cc(C)c2cc(C(=O)Nc3ccc(N4CCOCC4)cc3)[nH]c2c1. The summed E-state index contributed by atoms with van der Waals surface area (Å²) < 4.78 is 5.39. The topological polar surface area (TPSA) is 57.4 Å². The van der Waals surface area contributed by atoms with Gasteiger partial charge in [-0.2, -0.15) is 0 Å². The average Bonchev–Trinajstić information content (AvgIpc) is 3.08. The number of rotatable bonds is 3. The fourth-order valence-electron chi connectivity index (χ4n) is 3.50. The maximum Gasteiger partial charge on any atom is 0.272 e. The zero-order valence-corrected chi connectivity index (χ0v) is 15.1. The first-order valence-corrected chi connectivity index (χ1v) is 8.94. The second-order valence-corrected chi connectivity index (χ2v) is 6.83. The zero-order chi connectivity index (χ0) is 18.1. The highest BCUT2D eigenvalue weighted by Gasteiger charge is 2.13. The molecule has 1 fully saturated rings. The fourth-order valence-corrected chi connectivity index (χ4v) is 3.50. The number of aromatic amines is 1. The first-order chi connectivity index (χ1) is 12.6. The first kappa shape index (κ1) is 16.7. The molecule has 0 unspecified atom stereocenters. The lowest BCUT2D eigenvalue weighted by atomic mass is 10.1. The Balaban J connectivity index is 1.50. The molecule has 0 aliphatic carbocycles. The molecule has 1 aromatic heterocycles. The number of H-pyrrole nitrogens is 1. The summed E-state index contributed by atoms with van der Waals surface area (Å²) in [6.07, 6.45) is 0. The third kappa shape index (κ3) is 3.30. The van der Waals surface area contributed by atoms with Crippen LogP contribution < -0.4 is 10.2 Å². The molecule has 0 radical (unpaired) electrons. The van der Waals surface area contributed by atoms with Gasteiger partial charge in [-0.05, 0) is 61.4 Å². The van der Waals surface area contributed by atoms with Crippen molar-refractivity contribution in [2.75, 3.05) is 36.5 Å². The maximum absolute atomic E-state index is 12.6. The van der Waals surface area contributed by atoms with Gasteiger partial charge in [0, 0.05) is 35.4 Å². The van der Waals surface area contributed by atoms with Gasteiger partial charge in [0.1, 0.15) is 5.69 Å². The van der Waals surface area contributed by atoms with E-state index in [-0.39, 0.29) is 5.91 Å². The van der Waals surface area contributed by atoms with Crippen LogP contribution in [0.4, 0.5) is 11.4 Å². The maximum atomic E-state index is 12.6. The van der Waals surface area contributed by atoms with E-state index in [0.717, 1.165) is 48.6 Å². The van der Waals surface area contributed by atoms with E-state index in [2.05, 4.69) is 41.2 Å². The lowest BCUT2D eigenvalue weighted by Gasteiger charge is -2.28. The number of morpholine rings is 1. The average molecular weight is 349 g/mol. The fraction of sp³-hybridized carbons (Fsp3) is 0.286. The van der Waals surface area contributed by atoms with Gasteiger partial charge in [0.25, 0.3) is 5.91 Å². The van der Waals surface area contributed by atoms with E-state index in [9.17, 15) is 4.79 Å². The van der Waals surface area contributed by atoms with E-state index in [0.29, 0.717) is 5.69 Å². The molecule has 4 rings (SSSR count). The predicted octanol–water partition coefficient (Wildman–Crippen LogP) is 3.87. The molecule has 134 valence electrons. The van der Waals surface area contributed by atoms with Crippen LogP contribution in [0.1, 0.15) is 21.6 Å². The van der Waals surface area contributed by atoms with Gasteiger partial charge in [0.05, 0.1) is 13.2 Å². The number of amides is 1. The summed E-state index contributed by atoms with van der Waals surface area (Å²) in [5, 5.41) is 4.06. The summed E-state index contributed by atoms with van der Waals surface area (Å²) in [5.41, 5.74) is 5.87. The van der Waals surface area contributed by atoms with Crippen LogP contribution in [0.15, 0.2) is 42.5 Å². The van der Waals surface area contributed by atoms with Gasteiger partial charge in [-0.25, -0.2) is 0 Å². The Labute approximate surface area is 153 Å². The van der Waals surface area contributed by atoms with Crippen LogP contribution in [0, 0.1) is 13.8 Å². The largest absolute Gasteiger partial charge is 0.378 e. The van der Waals surface area contributed by atoms with Gasteiger partial charge >= 0.3 is 0 Å². The van der Waals surface area contributed by atoms with Crippen molar-refractivity contribution in [3.63, 3.8) is 0 Å². The van der Waals surface area contributed by atoms with Crippen LogP contribution in [0.5, 0.6) is 0 Å². The Morgan fingerprint density at radius 1 is 1.08 bits per heavy atom. The molecule has 1 aliphatic rings. The number of nitrogens with zero attached hydrogens (tertiary/aromatic N) is 1. The number of anilines is 2. The molecule has 0 saturated carbocycles. The highest BCUT2D eigenvalue weighted by molar-refractivity contribution is 6.06. The minimum Gasteiger partial charge on any atom is -0.378 e. The summed E-state index contributed by atoms with van der Waals surface area (Å²) >= 11 is 0. The molecule has 1 amide bonds. The molecule has 2 heterocycles. The number of hydrogen-bond acceptors (Lipinski definition) is 3. The molecule has 5 nitrogen and oxygen atoms in total. The molecule has 0 bridgehead atoms. The Bertz CT molecular complexity index is 938. The molecule has 2 N–H and O–H groups in total. The number of aromatic nitrogens is 1. The molecule has 5 heteroatoms. The van der Waals surface area contributed by atoms with Gasteiger partial charge in [0.2, 0.25) is 0 Å². The number of nitrogens with one attached hydrogen (secondary N) is 2. The van der Waals surface area contributed by atoms with E-state index in [1.807, 2.05) is 30.3 Å². The number of hydrogen-bond donors (Lipinski definition) is 2. The van der Waals surface area contributed by atoms with Gasteiger partial charge in [-0.3, -0.25) is 4.79 Å². The van der Waals surface area contributed by atoms with Gasteiger partial charge < -0.3 is 19.9 Å². The number of aryl methyl sites for hydroxylation is 2. The van der Waals surface area contributed by atoms with Crippen LogP contribution in [-0.4, -0.2) is 37.2 Å². The van der Waals surface area contributed by atoms with Crippen molar-refractivity contribution in [3.05, 3.63) is 59.3 Å². The standard InChI is InChI=1S/C21H23N3O2/c1-14-11-15(2)18-13-20(23-19(18)12-14)21(25)22-16-3-5-17(6-4-16)24-7-9-26-10-8-24/h3-6,11-13,23H,7-10H2,1-2H3,(H,22,25). The van der Waals surface area contributed by atoms with Gasteiger partial charge in [-0.15, -0.1) is 0 Å². The second-order valence-electron chi connectivity index (χ2n) is 6.83. The Morgan fingerprint density at radius 2 is 1.81 bits per heavy atom. The number of ether oxygens (including phenoxy) is 1. The van der Waals surface area contributed by atoms with Crippen LogP contribution in [0.2, 0.25) is 0 Å². The van der Waals surface area contributed by atoms with Crippen LogP contribution in [0.3, 0.4) is 0 Å². The quantitative estimate of drug-likeness (QED) is 0.755. The monoisotopic (exact) mass is 349 g/mol. The highest BCUT2D eigenvalue weighted by atomic mass is 16.5.